The minimum atomic E-state index is 0.908. The molecule has 0 spiro atoms. The van der Waals surface area contributed by atoms with E-state index in [0.717, 1.165) is 19.0 Å². The highest BCUT2D eigenvalue weighted by Crippen LogP contribution is 2.08. The van der Waals surface area contributed by atoms with Crippen LogP contribution in [-0.4, -0.2) is 43.5 Å². The highest BCUT2D eigenvalue weighted by atomic mass is 32.2. The molecule has 0 fully saturated rings. The van der Waals surface area contributed by atoms with Crippen LogP contribution >= 0.6 is 23.1 Å². The lowest BCUT2D eigenvalue weighted by Crippen LogP contribution is -2.38. The fourth-order valence-electron chi connectivity index (χ4n) is 1.53. The lowest BCUT2D eigenvalue weighted by molar-refractivity contribution is 0.477. The first-order valence-electron chi connectivity index (χ1n) is 5.69. The summed E-state index contributed by atoms with van der Waals surface area (Å²) in [6.45, 7) is 1.90. The molecule has 0 bridgehead atoms. The average molecular weight is 271 g/mol. The van der Waals surface area contributed by atoms with Crippen molar-refractivity contribution in [2.75, 3.05) is 32.6 Å². The minimum absolute atomic E-state index is 0.908. The lowest BCUT2D eigenvalue weighted by atomic mass is 10.3. The number of thioether (sulfide) groups is 1. The standard InChI is InChI=1S/C12H21N3S2/c1-13-12(14-6-4-7-16-3)15(2)9-11-5-8-17-10-11/h5,8,10H,4,6-7,9H2,1-3H3,(H,13,14). The van der Waals surface area contributed by atoms with E-state index in [1.54, 1.807) is 11.3 Å². The molecule has 0 amide bonds. The number of aliphatic imine (C=N–C) groups is 1. The quantitative estimate of drug-likeness (QED) is 0.489. The third-order valence-corrected chi connectivity index (χ3v) is 3.81. The largest absolute Gasteiger partial charge is 0.356 e. The van der Waals surface area contributed by atoms with Gasteiger partial charge in [-0.2, -0.15) is 23.1 Å². The van der Waals surface area contributed by atoms with Gasteiger partial charge < -0.3 is 10.2 Å². The third-order valence-electron chi connectivity index (χ3n) is 2.38. The molecular formula is C12H21N3S2. The van der Waals surface area contributed by atoms with Crippen LogP contribution in [0.15, 0.2) is 21.8 Å². The van der Waals surface area contributed by atoms with E-state index in [4.69, 9.17) is 0 Å². The summed E-state index contributed by atoms with van der Waals surface area (Å²) in [4.78, 5) is 6.45. The molecule has 1 aromatic rings. The smallest absolute Gasteiger partial charge is 0.193 e. The summed E-state index contributed by atoms with van der Waals surface area (Å²) in [6.07, 6.45) is 3.31. The molecule has 0 unspecified atom stereocenters. The Morgan fingerprint density at radius 3 is 3.00 bits per heavy atom. The van der Waals surface area contributed by atoms with Crippen LogP contribution in [-0.2, 0) is 6.54 Å². The van der Waals surface area contributed by atoms with Crippen LogP contribution < -0.4 is 5.32 Å². The van der Waals surface area contributed by atoms with Crippen LogP contribution in [0.1, 0.15) is 12.0 Å². The van der Waals surface area contributed by atoms with Crippen LogP contribution in [0.25, 0.3) is 0 Å². The van der Waals surface area contributed by atoms with Crippen molar-refractivity contribution in [2.24, 2.45) is 4.99 Å². The van der Waals surface area contributed by atoms with Gasteiger partial charge in [-0.3, -0.25) is 4.99 Å². The second kappa shape index (κ2) is 8.42. The van der Waals surface area contributed by atoms with Gasteiger partial charge in [-0.1, -0.05) is 0 Å². The second-order valence-electron chi connectivity index (χ2n) is 3.81. The summed E-state index contributed by atoms with van der Waals surface area (Å²) in [7, 11) is 3.91. The molecule has 17 heavy (non-hydrogen) atoms. The van der Waals surface area contributed by atoms with Crippen molar-refractivity contribution >= 4 is 29.1 Å². The Morgan fingerprint density at radius 1 is 1.59 bits per heavy atom. The zero-order valence-electron chi connectivity index (χ0n) is 10.8. The number of hydrogen-bond donors (Lipinski definition) is 1. The van der Waals surface area contributed by atoms with Crippen molar-refractivity contribution in [1.82, 2.24) is 10.2 Å². The molecule has 1 N–H and O–H groups in total. The Labute approximate surface area is 112 Å². The maximum absolute atomic E-state index is 4.29. The molecule has 5 heteroatoms. The number of nitrogens with zero attached hydrogens (tertiary/aromatic N) is 2. The molecule has 1 heterocycles. The summed E-state index contributed by atoms with van der Waals surface area (Å²) in [6, 6.07) is 2.15. The fraction of sp³-hybridized carbons (Fsp3) is 0.583. The van der Waals surface area contributed by atoms with E-state index in [1.165, 1.54) is 17.7 Å². The first-order chi connectivity index (χ1) is 8.27. The number of hydrogen-bond acceptors (Lipinski definition) is 3. The average Bonchev–Trinajstić information content (AvgIpc) is 2.82. The Morgan fingerprint density at radius 2 is 2.41 bits per heavy atom. The molecule has 0 atom stereocenters. The van der Waals surface area contributed by atoms with Crippen LogP contribution in [0, 0.1) is 0 Å². The van der Waals surface area contributed by atoms with E-state index in [9.17, 15) is 0 Å². The van der Waals surface area contributed by atoms with Gasteiger partial charge in [0.1, 0.15) is 0 Å². The van der Waals surface area contributed by atoms with Crippen LogP contribution in [0.2, 0.25) is 0 Å². The molecule has 0 saturated carbocycles. The summed E-state index contributed by atoms with van der Waals surface area (Å²) >= 11 is 3.62. The van der Waals surface area contributed by atoms with Gasteiger partial charge in [0, 0.05) is 27.2 Å². The van der Waals surface area contributed by atoms with Crippen molar-refractivity contribution < 1.29 is 0 Å². The first-order valence-corrected chi connectivity index (χ1v) is 8.03. The van der Waals surface area contributed by atoms with Crippen LogP contribution in [0.4, 0.5) is 0 Å². The molecule has 0 radical (unpaired) electrons. The van der Waals surface area contributed by atoms with Gasteiger partial charge in [-0.15, -0.1) is 0 Å². The van der Waals surface area contributed by atoms with E-state index in [0.29, 0.717) is 0 Å². The van der Waals surface area contributed by atoms with Crippen molar-refractivity contribution in [1.29, 1.82) is 0 Å². The van der Waals surface area contributed by atoms with Gasteiger partial charge in [0.25, 0.3) is 0 Å². The fourth-order valence-corrected chi connectivity index (χ4v) is 2.63. The van der Waals surface area contributed by atoms with Crippen molar-refractivity contribution in [2.45, 2.75) is 13.0 Å². The predicted octanol–water partition coefficient (Wildman–Crippen LogP) is 2.51. The van der Waals surface area contributed by atoms with Gasteiger partial charge in [0.15, 0.2) is 5.96 Å². The normalized spacial score (nSPS) is 11.6. The maximum Gasteiger partial charge on any atom is 0.193 e. The van der Waals surface area contributed by atoms with E-state index < -0.39 is 0 Å². The van der Waals surface area contributed by atoms with Crippen molar-refractivity contribution in [3.05, 3.63) is 22.4 Å². The number of nitrogens with one attached hydrogen (secondary N) is 1. The maximum atomic E-state index is 4.29. The van der Waals surface area contributed by atoms with Gasteiger partial charge >= 0.3 is 0 Å². The Bertz CT molecular complexity index is 323. The van der Waals surface area contributed by atoms with Gasteiger partial charge in [0.05, 0.1) is 0 Å². The van der Waals surface area contributed by atoms with Crippen molar-refractivity contribution in [3.63, 3.8) is 0 Å². The molecular weight excluding hydrogens is 250 g/mol. The highest BCUT2D eigenvalue weighted by molar-refractivity contribution is 7.98. The molecule has 1 aromatic heterocycles. The molecule has 96 valence electrons. The van der Waals surface area contributed by atoms with Crippen molar-refractivity contribution in [3.8, 4) is 0 Å². The number of guanidine groups is 1. The Kier molecular flexibility index (Phi) is 7.12. The summed E-state index contributed by atoms with van der Waals surface area (Å²) in [5, 5.41) is 7.67. The second-order valence-corrected chi connectivity index (χ2v) is 5.57. The Hall–Kier alpha value is -0.680. The topological polar surface area (TPSA) is 27.6 Å². The summed E-state index contributed by atoms with van der Waals surface area (Å²) in [5.74, 6) is 2.16. The van der Waals surface area contributed by atoms with E-state index in [-0.39, 0.29) is 0 Å². The number of rotatable bonds is 6. The van der Waals surface area contributed by atoms with E-state index in [1.807, 2.05) is 18.8 Å². The molecule has 0 aliphatic rings. The molecule has 0 aliphatic carbocycles. The first kappa shape index (κ1) is 14.4. The number of thiophene rings is 1. The van der Waals surface area contributed by atoms with E-state index in [2.05, 4.69) is 45.3 Å². The van der Waals surface area contributed by atoms with E-state index >= 15 is 0 Å². The SMILES string of the molecule is CN=C(NCCCSC)N(C)Cc1ccsc1. The zero-order valence-corrected chi connectivity index (χ0v) is 12.4. The van der Waals surface area contributed by atoms with Gasteiger partial charge in [-0.05, 0) is 40.8 Å². The third kappa shape index (κ3) is 5.46. The monoisotopic (exact) mass is 271 g/mol. The lowest BCUT2D eigenvalue weighted by Gasteiger charge is -2.21. The predicted molar refractivity (Wildman–Crippen MR) is 80.1 cm³/mol. The molecule has 1 rings (SSSR count). The molecule has 3 nitrogen and oxygen atoms in total. The molecule has 0 aliphatic heterocycles. The Balaban J connectivity index is 2.34. The zero-order chi connectivity index (χ0) is 12.5. The summed E-state index contributed by atoms with van der Waals surface area (Å²) in [5.41, 5.74) is 1.34. The minimum Gasteiger partial charge on any atom is -0.356 e. The molecule has 0 saturated heterocycles. The summed E-state index contributed by atoms with van der Waals surface area (Å²) < 4.78 is 0. The highest BCUT2D eigenvalue weighted by Gasteiger charge is 2.05. The van der Waals surface area contributed by atoms with Crippen LogP contribution in [0.5, 0.6) is 0 Å². The van der Waals surface area contributed by atoms with Gasteiger partial charge in [-0.25, -0.2) is 0 Å². The van der Waals surface area contributed by atoms with Crippen LogP contribution in [0.3, 0.4) is 0 Å². The molecule has 0 aromatic carbocycles. The van der Waals surface area contributed by atoms with Gasteiger partial charge in [0.2, 0.25) is 0 Å².